The van der Waals surface area contributed by atoms with Crippen LogP contribution < -0.4 is 4.13 Å². The molecule has 1 aliphatic rings. The van der Waals surface area contributed by atoms with Crippen LogP contribution in [0.4, 0.5) is 0 Å². The molecule has 1 heterocycles. The Morgan fingerprint density at radius 3 is 2.36 bits per heavy atom. The summed E-state index contributed by atoms with van der Waals surface area (Å²) in [6.45, 7) is 1.47. The van der Waals surface area contributed by atoms with Gasteiger partial charge in [-0.15, -0.1) is 4.13 Å². The molecule has 1 aliphatic heterocycles. The van der Waals surface area contributed by atoms with Gasteiger partial charge in [0.1, 0.15) is 5.88 Å². The molecule has 1 atom stereocenters. The van der Waals surface area contributed by atoms with Crippen LogP contribution in [0.15, 0.2) is 0 Å². The van der Waals surface area contributed by atoms with Crippen molar-refractivity contribution in [2.24, 2.45) is 0 Å². The Kier molecular flexibility index (Phi) is 4.45. The Bertz CT molecular complexity index is 297. The Labute approximate surface area is 86.1 Å². The molecule has 14 heavy (non-hydrogen) atoms. The van der Waals surface area contributed by atoms with Gasteiger partial charge in [-0.3, -0.25) is 9.45 Å². The molecule has 0 aliphatic carbocycles. The number of hydrogen-bond donors (Lipinski definition) is 2. The molecule has 1 fully saturated rings. The molecule has 1 saturated heterocycles. The first kappa shape index (κ1) is 12.1. The fourth-order valence-electron chi connectivity index (χ4n) is 1.46. The Morgan fingerprint density at radius 2 is 1.86 bits per heavy atom. The third kappa shape index (κ3) is 4.47. The minimum atomic E-state index is -3.65. The number of likely N-dealkylation sites (tertiary alicyclic amines) is 1. The molecule has 0 spiro atoms. The number of hydrogen-bond acceptors (Lipinski definition) is 4. The van der Waals surface area contributed by atoms with Crippen molar-refractivity contribution in [1.29, 1.82) is 0 Å². The minimum absolute atomic E-state index is 0.195. The lowest BCUT2D eigenvalue weighted by molar-refractivity contribution is 0.260. The summed E-state index contributed by atoms with van der Waals surface area (Å²) >= 11 is -2.50. The van der Waals surface area contributed by atoms with Crippen molar-refractivity contribution in [2.45, 2.75) is 19.3 Å². The highest BCUT2D eigenvalue weighted by atomic mass is 32.3. The van der Waals surface area contributed by atoms with Crippen LogP contribution in [0.2, 0.25) is 0 Å². The number of piperidine rings is 1. The van der Waals surface area contributed by atoms with Crippen molar-refractivity contribution in [3.63, 3.8) is 0 Å². The topological polar surface area (TPSA) is 86.7 Å². The van der Waals surface area contributed by atoms with E-state index in [1.54, 1.807) is 9.03 Å². The van der Waals surface area contributed by atoms with Gasteiger partial charge >= 0.3 is 0 Å². The van der Waals surface area contributed by atoms with Crippen molar-refractivity contribution in [3.05, 3.63) is 0 Å². The quantitative estimate of drug-likeness (QED) is 0.648. The van der Waals surface area contributed by atoms with Gasteiger partial charge in [0.2, 0.25) is 21.3 Å². The molecular formula is C6H14N2O4S2. The smallest absolute Gasteiger partial charge is 0.245 e. The van der Waals surface area contributed by atoms with Crippen LogP contribution >= 0.6 is 0 Å². The standard InChI is InChI=1S/C6H14N2O4S2/c9-13(10)7-14(11,12)6-8-4-2-1-3-5-8/h7H,1-6H2,(H,9,10). The molecule has 0 bridgehead atoms. The third-order valence-corrected chi connectivity index (χ3v) is 4.29. The average Bonchev–Trinajstić information content (AvgIpc) is 2.02. The lowest BCUT2D eigenvalue weighted by atomic mass is 10.1. The molecule has 0 amide bonds. The Morgan fingerprint density at radius 1 is 1.29 bits per heavy atom. The van der Waals surface area contributed by atoms with E-state index in [4.69, 9.17) is 4.55 Å². The first-order chi connectivity index (χ1) is 6.49. The Hall–Kier alpha value is -0.0200. The van der Waals surface area contributed by atoms with Gasteiger partial charge in [0.25, 0.3) is 0 Å². The molecule has 6 nitrogen and oxygen atoms in total. The van der Waals surface area contributed by atoms with Gasteiger partial charge in [0.05, 0.1) is 0 Å². The van der Waals surface area contributed by atoms with E-state index in [-0.39, 0.29) is 5.88 Å². The molecule has 84 valence electrons. The van der Waals surface area contributed by atoms with E-state index >= 15 is 0 Å². The zero-order valence-electron chi connectivity index (χ0n) is 7.68. The van der Waals surface area contributed by atoms with Crippen molar-refractivity contribution in [2.75, 3.05) is 19.0 Å². The molecule has 1 rings (SSSR count). The second-order valence-corrected chi connectivity index (χ2v) is 5.91. The molecular weight excluding hydrogens is 228 g/mol. The fraction of sp³-hybridized carbons (Fsp3) is 1.00. The summed E-state index contributed by atoms with van der Waals surface area (Å²) in [5, 5.41) is 0. The maximum Gasteiger partial charge on any atom is 0.245 e. The van der Waals surface area contributed by atoms with Gasteiger partial charge < -0.3 is 0 Å². The van der Waals surface area contributed by atoms with Gasteiger partial charge in [0, 0.05) is 0 Å². The number of nitrogens with zero attached hydrogens (tertiary/aromatic N) is 1. The largest absolute Gasteiger partial charge is 0.293 e. The van der Waals surface area contributed by atoms with E-state index in [0.717, 1.165) is 32.4 Å². The molecule has 0 aromatic carbocycles. The molecule has 0 aromatic rings. The highest BCUT2D eigenvalue weighted by Crippen LogP contribution is 2.09. The Balaban J connectivity index is 2.45. The van der Waals surface area contributed by atoms with Gasteiger partial charge in [0.15, 0.2) is 0 Å². The maximum atomic E-state index is 11.2. The van der Waals surface area contributed by atoms with Gasteiger partial charge in [-0.25, -0.2) is 12.6 Å². The number of nitrogens with one attached hydrogen (secondary N) is 1. The average molecular weight is 242 g/mol. The zero-order valence-corrected chi connectivity index (χ0v) is 9.31. The highest BCUT2D eigenvalue weighted by Gasteiger charge is 2.19. The van der Waals surface area contributed by atoms with Crippen LogP contribution in [0.1, 0.15) is 19.3 Å². The lowest BCUT2D eigenvalue weighted by Gasteiger charge is -2.25. The van der Waals surface area contributed by atoms with Crippen LogP contribution in [-0.4, -0.2) is 41.0 Å². The highest BCUT2D eigenvalue weighted by molar-refractivity contribution is 7.99. The van der Waals surface area contributed by atoms with E-state index in [0.29, 0.717) is 0 Å². The summed E-state index contributed by atoms with van der Waals surface area (Å²) in [5.74, 6) is -0.195. The van der Waals surface area contributed by atoms with Crippen LogP contribution in [-0.2, 0) is 21.3 Å². The van der Waals surface area contributed by atoms with Gasteiger partial charge in [-0.1, -0.05) is 6.42 Å². The van der Waals surface area contributed by atoms with Crippen molar-refractivity contribution < 1.29 is 17.2 Å². The van der Waals surface area contributed by atoms with E-state index in [2.05, 4.69) is 0 Å². The van der Waals surface area contributed by atoms with E-state index in [1.807, 2.05) is 0 Å². The first-order valence-corrected chi connectivity index (χ1v) is 7.09. The van der Waals surface area contributed by atoms with E-state index < -0.39 is 21.3 Å². The predicted molar refractivity (Wildman–Crippen MR) is 53.1 cm³/mol. The lowest BCUT2D eigenvalue weighted by Crippen LogP contribution is -2.39. The number of rotatable bonds is 4. The van der Waals surface area contributed by atoms with E-state index in [1.165, 1.54) is 0 Å². The summed E-state index contributed by atoms with van der Waals surface area (Å²) in [5.41, 5.74) is 0. The van der Waals surface area contributed by atoms with Gasteiger partial charge in [-0.05, 0) is 25.9 Å². The molecule has 1 unspecified atom stereocenters. The second-order valence-electron chi connectivity index (χ2n) is 3.26. The maximum absolute atomic E-state index is 11.2. The monoisotopic (exact) mass is 242 g/mol. The van der Waals surface area contributed by atoms with Crippen LogP contribution in [0.25, 0.3) is 0 Å². The summed E-state index contributed by atoms with van der Waals surface area (Å²) < 4.78 is 42.7. The SMILES string of the molecule is O=S(O)NS(=O)(=O)CN1CCCCC1. The first-order valence-electron chi connectivity index (χ1n) is 4.33. The molecule has 0 saturated carbocycles. The fourth-order valence-corrected chi connectivity index (χ4v) is 3.28. The summed E-state index contributed by atoms with van der Waals surface area (Å²) in [7, 11) is -3.65. The van der Waals surface area contributed by atoms with Crippen molar-refractivity contribution in [1.82, 2.24) is 9.03 Å². The van der Waals surface area contributed by atoms with Gasteiger partial charge in [-0.2, -0.15) is 0 Å². The second kappa shape index (κ2) is 5.17. The minimum Gasteiger partial charge on any atom is -0.293 e. The summed E-state index contributed by atoms with van der Waals surface area (Å²) in [6.07, 6.45) is 3.09. The zero-order chi connectivity index (χ0) is 10.6. The normalized spacial score (nSPS) is 22.1. The number of sulfonamides is 1. The molecule has 2 N–H and O–H groups in total. The third-order valence-electron chi connectivity index (χ3n) is 2.00. The van der Waals surface area contributed by atoms with E-state index in [9.17, 15) is 12.6 Å². The molecule has 0 aromatic heterocycles. The van der Waals surface area contributed by atoms with Crippen molar-refractivity contribution >= 4 is 21.3 Å². The van der Waals surface area contributed by atoms with Crippen LogP contribution in [0, 0.1) is 0 Å². The predicted octanol–water partition coefficient (Wildman–Crippen LogP) is -0.514. The summed E-state index contributed by atoms with van der Waals surface area (Å²) in [4.78, 5) is 1.76. The van der Waals surface area contributed by atoms with Crippen LogP contribution in [0.5, 0.6) is 0 Å². The van der Waals surface area contributed by atoms with Crippen LogP contribution in [0.3, 0.4) is 0 Å². The molecule has 8 heteroatoms. The molecule has 0 radical (unpaired) electrons. The summed E-state index contributed by atoms with van der Waals surface area (Å²) in [6, 6.07) is 0. The van der Waals surface area contributed by atoms with Crippen molar-refractivity contribution in [3.8, 4) is 0 Å².